The molecule has 2 heterocycles. The van der Waals surface area contributed by atoms with Crippen LogP contribution in [0.2, 0.25) is 0 Å². The molecule has 4 heteroatoms. The molecule has 0 bridgehead atoms. The third-order valence-corrected chi connectivity index (χ3v) is 5.62. The van der Waals surface area contributed by atoms with E-state index >= 15 is 0 Å². The summed E-state index contributed by atoms with van der Waals surface area (Å²) in [6, 6.07) is 2.13. The Morgan fingerprint density at radius 1 is 1.33 bits per heavy atom. The van der Waals surface area contributed by atoms with Crippen molar-refractivity contribution in [1.29, 1.82) is 0 Å². The van der Waals surface area contributed by atoms with Crippen LogP contribution in [-0.4, -0.2) is 45.0 Å². The summed E-state index contributed by atoms with van der Waals surface area (Å²) >= 11 is 0. The van der Waals surface area contributed by atoms with Crippen LogP contribution >= 0.6 is 0 Å². The Morgan fingerprint density at radius 3 is 2.67 bits per heavy atom. The lowest BCUT2D eigenvalue weighted by Crippen LogP contribution is -2.47. The van der Waals surface area contributed by atoms with Crippen LogP contribution in [-0.2, 0) is 6.54 Å². The fourth-order valence-electron chi connectivity index (χ4n) is 4.08. The molecule has 0 unspecified atom stereocenters. The fraction of sp³-hybridized carbons (Fsp3) is 0.824. The lowest BCUT2D eigenvalue weighted by atomic mass is 9.69. The largest absolute Gasteiger partial charge is 0.388 e. The van der Waals surface area contributed by atoms with E-state index in [2.05, 4.69) is 34.6 Å². The van der Waals surface area contributed by atoms with Gasteiger partial charge in [0.2, 0.25) is 0 Å². The molecule has 2 atom stereocenters. The molecule has 1 aromatic heterocycles. The molecule has 2 aliphatic rings. The predicted molar refractivity (Wildman–Crippen MR) is 84.2 cm³/mol. The molecule has 0 spiro atoms. The van der Waals surface area contributed by atoms with E-state index in [0.29, 0.717) is 11.8 Å². The second-order valence-corrected chi connectivity index (χ2v) is 7.26. The van der Waals surface area contributed by atoms with Crippen molar-refractivity contribution in [3.8, 4) is 0 Å². The van der Waals surface area contributed by atoms with Crippen molar-refractivity contribution >= 4 is 0 Å². The molecule has 1 aliphatic carbocycles. The maximum atomic E-state index is 11.0. The molecular weight excluding hydrogens is 262 g/mol. The smallest absolute Gasteiger partial charge is 0.0839 e. The number of aliphatic hydroxyl groups is 1. The number of aromatic nitrogens is 2. The summed E-state index contributed by atoms with van der Waals surface area (Å²) in [4.78, 5) is 2.45. The molecule has 0 radical (unpaired) electrons. The van der Waals surface area contributed by atoms with Crippen LogP contribution in [0.1, 0.15) is 44.0 Å². The monoisotopic (exact) mass is 291 g/mol. The number of hydrogen-bond donors (Lipinski definition) is 1. The molecule has 118 valence electrons. The average molecular weight is 291 g/mol. The van der Waals surface area contributed by atoms with E-state index < -0.39 is 5.60 Å². The first-order valence-electron chi connectivity index (χ1n) is 8.45. The van der Waals surface area contributed by atoms with E-state index in [1.54, 1.807) is 0 Å². The topological polar surface area (TPSA) is 41.3 Å². The van der Waals surface area contributed by atoms with E-state index in [4.69, 9.17) is 0 Å². The SMILES string of the molecule is Cc1cc(C)n(CCCN2C[C@@H](C)[C@](O)(C3CCC3)C2)n1. The van der Waals surface area contributed by atoms with Gasteiger partial charge in [-0.25, -0.2) is 0 Å². The summed E-state index contributed by atoms with van der Waals surface area (Å²) in [7, 11) is 0. The highest BCUT2D eigenvalue weighted by Crippen LogP contribution is 2.44. The van der Waals surface area contributed by atoms with Gasteiger partial charge in [0, 0.05) is 31.9 Å². The molecule has 1 saturated heterocycles. The van der Waals surface area contributed by atoms with Gasteiger partial charge in [0.25, 0.3) is 0 Å². The van der Waals surface area contributed by atoms with Crippen molar-refractivity contribution in [2.24, 2.45) is 11.8 Å². The van der Waals surface area contributed by atoms with Gasteiger partial charge >= 0.3 is 0 Å². The van der Waals surface area contributed by atoms with E-state index in [1.807, 2.05) is 6.92 Å². The van der Waals surface area contributed by atoms with Crippen LogP contribution in [0, 0.1) is 25.7 Å². The molecule has 1 aromatic rings. The minimum Gasteiger partial charge on any atom is -0.388 e. The van der Waals surface area contributed by atoms with Gasteiger partial charge in [-0.05, 0) is 51.0 Å². The summed E-state index contributed by atoms with van der Waals surface area (Å²) in [5.74, 6) is 0.963. The van der Waals surface area contributed by atoms with Crippen molar-refractivity contribution in [2.75, 3.05) is 19.6 Å². The normalized spacial score (nSPS) is 30.8. The van der Waals surface area contributed by atoms with Crippen LogP contribution in [0.3, 0.4) is 0 Å². The zero-order chi connectivity index (χ0) is 15.0. The summed E-state index contributed by atoms with van der Waals surface area (Å²) < 4.78 is 2.10. The fourth-order valence-corrected chi connectivity index (χ4v) is 4.08. The average Bonchev–Trinajstić information content (AvgIpc) is 2.78. The number of nitrogens with zero attached hydrogens (tertiary/aromatic N) is 3. The third-order valence-electron chi connectivity index (χ3n) is 5.62. The highest BCUT2D eigenvalue weighted by molar-refractivity contribution is 5.06. The Labute approximate surface area is 128 Å². The Kier molecular flexibility index (Phi) is 4.10. The van der Waals surface area contributed by atoms with E-state index in [9.17, 15) is 5.11 Å². The van der Waals surface area contributed by atoms with Gasteiger partial charge in [-0.15, -0.1) is 0 Å². The van der Waals surface area contributed by atoms with E-state index in [-0.39, 0.29) is 0 Å². The number of β-amino-alcohol motifs (C(OH)–C–C–N with tert-alkyl or cyclic N) is 1. The zero-order valence-electron chi connectivity index (χ0n) is 13.7. The number of hydrogen-bond acceptors (Lipinski definition) is 3. The van der Waals surface area contributed by atoms with Gasteiger partial charge in [0.15, 0.2) is 0 Å². The van der Waals surface area contributed by atoms with Crippen molar-refractivity contribution < 1.29 is 5.11 Å². The highest BCUT2D eigenvalue weighted by Gasteiger charge is 2.49. The summed E-state index contributed by atoms with van der Waals surface area (Å²) in [5.41, 5.74) is 1.92. The van der Waals surface area contributed by atoms with Gasteiger partial charge in [-0.1, -0.05) is 13.3 Å². The first-order valence-corrected chi connectivity index (χ1v) is 8.45. The second-order valence-electron chi connectivity index (χ2n) is 7.26. The Morgan fingerprint density at radius 2 is 2.10 bits per heavy atom. The van der Waals surface area contributed by atoms with Gasteiger partial charge in [-0.3, -0.25) is 4.68 Å². The lowest BCUT2D eigenvalue weighted by molar-refractivity contribution is -0.0670. The number of rotatable bonds is 5. The quantitative estimate of drug-likeness (QED) is 0.905. The molecule has 1 saturated carbocycles. The molecule has 21 heavy (non-hydrogen) atoms. The zero-order valence-corrected chi connectivity index (χ0v) is 13.7. The number of aryl methyl sites for hydroxylation is 3. The van der Waals surface area contributed by atoms with Crippen LogP contribution in [0.4, 0.5) is 0 Å². The Hall–Kier alpha value is -0.870. The second kappa shape index (κ2) is 5.73. The van der Waals surface area contributed by atoms with Crippen LogP contribution < -0.4 is 0 Å². The first-order chi connectivity index (χ1) is 9.99. The minimum atomic E-state index is -0.420. The maximum absolute atomic E-state index is 11.0. The molecule has 3 rings (SSSR count). The van der Waals surface area contributed by atoms with Crippen molar-refractivity contribution in [3.63, 3.8) is 0 Å². The van der Waals surface area contributed by atoms with Gasteiger partial charge in [0.1, 0.15) is 0 Å². The van der Waals surface area contributed by atoms with E-state index in [0.717, 1.165) is 38.3 Å². The predicted octanol–water partition coefficient (Wildman–Crippen LogP) is 2.37. The molecule has 1 aliphatic heterocycles. The van der Waals surface area contributed by atoms with Crippen molar-refractivity contribution in [2.45, 2.75) is 58.6 Å². The van der Waals surface area contributed by atoms with Gasteiger partial charge in [0.05, 0.1) is 11.3 Å². The van der Waals surface area contributed by atoms with E-state index in [1.165, 1.54) is 25.0 Å². The third kappa shape index (κ3) is 2.88. The molecule has 4 nitrogen and oxygen atoms in total. The maximum Gasteiger partial charge on any atom is 0.0839 e. The van der Waals surface area contributed by atoms with Crippen LogP contribution in [0.15, 0.2) is 6.07 Å². The Balaban J connectivity index is 1.49. The number of likely N-dealkylation sites (tertiary alicyclic amines) is 1. The molecular formula is C17H29N3O. The molecule has 1 N–H and O–H groups in total. The van der Waals surface area contributed by atoms with Crippen molar-refractivity contribution in [1.82, 2.24) is 14.7 Å². The van der Waals surface area contributed by atoms with Gasteiger partial charge < -0.3 is 10.0 Å². The lowest BCUT2D eigenvalue weighted by Gasteiger charge is -2.41. The van der Waals surface area contributed by atoms with Crippen LogP contribution in [0.25, 0.3) is 0 Å². The molecule has 0 aromatic carbocycles. The Bertz CT molecular complexity index is 494. The standard InChI is InChI=1S/C17H29N3O/c1-13-11-19(12-17(13,21)16-6-4-7-16)8-5-9-20-15(3)10-14(2)18-20/h10,13,16,21H,4-9,11-12H2,1-3H3/t13-,17+/m1/s1. The molecule has 0 amide bonds. The van der Waals surface area contributed by atoms with Crippen LogP contribution in [0.5, 0.6) is 0 Å². The van der Waals surface area contributed by atoms with Gasteiger partial charge in [-0.2, -0.15) is 5.10 Å². The summed E-state index contributed by atoms with van der Waals surface area (Å²) in [5, 5.41) is 15.5. The summed E-state index contributed by atoms with van der Waals surface area (Å²) in [6.45, 7) is 10.3. The summed E-state index contributed by atoms with van der Waals surface area (Å²) in [6.07, 6.45) is 4.86. The minimum absolute atomic E-state index is 0.413. The van der Waals surface area contributed by atoms with Crippen molar-refractivity contribution in [3.05, 3.63) is 17.5 Å². The highest BCUT2D eigenvalue weighted by atomic mass is 16.3. The molecule has 2 fully saturated rings. The first kappa shape index (κ1) is 15.0.